The zero-order chi connectivity index (χ0) is 11.5. The molecule has 5 heteroatoms. The maximum atomic E-state index is 11.6. The third-order valence-corrected chi connectivity index (χ3v) is 3.29. The average molecular weight is 227 g/mol. The summed E-state index contributed by atoms with van der Waals surface area (Å²) in [4.78, 5) is 11.1. The lowest BCUT2D eigenvalue weighted by Crippen LogP contribution is -2.29. The Morgan fingerprint density at radius 2 is 1.80 bits per heavy atom. The second kappa shape index (κ2) is 4.44. The molecule has 0 fully saturated rings. The molecule has 15 heavy (non-hydrogen) atoms. The van der Waals surface area contributed by atoms with E-state index < -0.39 is 15.9 Å². The lowest BCUT2D eigenvalue weighted by molar-refractivity contribution is -0.119. The summed E-state index contributed by atoms with van der Waals surface area (Å²) in [6.07, 6.45) is 0.144. The normalized spacial score (nSPS) is 11.1. The Morgan fingerprint density at radius 3 is 2.27 bits per heavy atom. The summed E-state index contributed by atoms with van der Waals surface area (Å²) in [5.41, 5.74) is 0.968. The molecule has 0 saturated carbocycles. The first-order valence-electron chi connectivity index (χ1n) is 4.58. The van der Waals surface area contributed by atoms with Gasteiger partial charge in [-0.2, -0.15) is 0 Å². The minimum absolute atomic E-state index is 0.106. The molecule has 1 aromatic carbocycles. The van der Waals surface area contributed by atoms with Crippen LogP contribution in [0.15, 0.2) is 29.2 Å². The van der Waals surface area contributed by atoms with Gasteiger partial charge in [0.25, 0.3) is 10.0 Å². The van der Waals surface area contributed by atoms with Gasteiger partial charge in [-0.05, 0) is 19.1 Å². The number of sulfonamides is 1. The second-order valence-electron chi connectivity index (χ2n) is 3.20. The molecule has 0 aliphatic carbocycles. The van der Waals surface area contributed by atoms with Gasteiger partial charge in [-0.25, -0.2) is 13.1 Å². The lowest BCUT2D eigenvalue weighted by Gasteiger charge is -2.05. The number of nitrogens with one attached hydrogen (secondary N) is 1. The number of aryl methyl sites for hydroxylation is 1. The first kappa shape index (κ1) is 11.7. The van der Waals surface area contributed by atoms with Crippen LogP contribution in [0.4, 0.5) is 0 Å². The van der Waals surface area contributed by atoms with Crippen molar-refractivity contribution < 1.29 is 13.2 Å². The van der Waals surface area contributed by atoms with Crippen LogP contribution in [-0.2, 0) is 14.8 Å². The van der Waals surface area contributed by atoms with E-state index in [4.69, 9.17) is 0 Å². The molecule has 0 heterocycles. The van der Waals surface area contributed by atoms with E-state index in [9.17, 15) is 13.2 Å². The van der Waals surface area contributed by atoms with Gasteiger partial charge < -0.3 is 0 Å². The fourth-order valence-corrected chi connectivity index (χ4v) is 2.05. The highest BCUT2D eigenvalue weighted by Gasteiger charge is 2.15. The van der Waals surface area contributed by atoms with Crippen LogP contribution in [0.2, 0.25) is 0 Å². The SMILES string of the molecule is CCC(=O)NS(=O)(=O)c1ccc(C)cc1. The van der Waals surface area contributed by atoms with E-state index in [2.05, 4.69) is 0 Å². The van der Waals surface area contributed by atoms with Crippen molar-refractivity contribution in [1.82, 2.24) is 4.72 Å². The van der Waals surface area contributed by atoms with Crippen molar-refractivity contribution >= 4 is 15.9 Å². The molecule has 0 aliphatic rings. The fourth-order valence-electron chi connectivity index (χ4n) is 0.998. The molecular formula is C10H13NO3S. The zero-order valence-corrected chi connectivity index (χ0v) is 9.47. The predicted octanol–water partition coefficient (Wildman–Crippen LogP) is 1.21. The van der Waals surface area contributed by atoms with Crippen molar-refractivity contribution in [2.24, 2.45) is 0 Å². The molecular weight excluding hydrogens is 214 g/mol. The molecule has 1 amide bonds. The van der Waals surface area contributed by atoms with Gasteiger partial charge >= 0.3 is 0 Å². The van der Waals surface area contributed by atoms with Crippen LogP contribution in [0.3, 0.4) is 0 Å². The molecule has 4 nitrogen and oxygen atoms in total. The van der Waals surface area contributed by atoms with Gasteiger partial charge in [-0.1, -0.05) is 24.6 Å². The van der Waals surface area contributed by atoms with Gasteiger partial charge in [0.05, 0.1) is 4.90 Å². The van der Waals surface area contributed by atoms with E-state index in [1.165, 1.54) is 12.1 Å². The third kappa shape index (κ3) is 3.06. The van der Waals surface area contributed by atoms with E-state index in [-0.39, 0.29) is 11.3 Å². The maximum Gasteiger partial charge on any atom is 0.264 e. The van der Waals surface area contributed by atoms with E-state index in [0.29, 0.717) is 0 Å². The minimum Gasteiger partial charge on any atom is -0.274 e. The number of carbonyl (C=O) groups excluding carboxylic acids is 1. The first-order valence-corrected chi connectivity index (χ1v) is 6.06. The Hall–Kier alpha value is -1.36. The highest BCUT2D eigenvalue weighted by molar-refractivity contribution is 7.90. The van der Waals surface area contributed by atoms with E-state index in [1.807, 2.05) is 11.6 Å². The fraction of sp³-hybridized carbons (Fsp3) is 0.300. The number of amides is 1. The Kier molecular flexibility index (Phi) is 3.47. The Balaban J connectivity index is 2.96. The summed E-state index contributed by atoms with van der Waals surface area (Å²) in [6.45, 7) is 3.46. The number of carbonyl (C=O) groups is 1. The summed E-state index contributed by atoms with van der Waals surface area (Å²) in [5, 5.41) is 0. The average Bonchev–Trinajstić information content (AvgIpc) is 2.17. The number of benzene rings is 1. The van der Waals surface area contributed by atoms with Crippen molar-refractivity contribution in [3.05, 3.63) is 29.8 Å². The van der Waals surface area contributed by atoms with Crippen LogP contribution in [-0.4, -0.2) is 14.3 Å². The highest BCUT2D eigenvalue weighted by atomic mass is 32.2. The first-order chi connectivity index (χ1) is 6.95. The van der Waals surface area contributed by atoms with Crippen LogP contribution < -0.4 is 4.72 Å². The zero-order valence-electron chi connectivity index (χ0n) is 8.65. The van der Waals surface area contributed by atoms with E-state index in [1.54, 1.807) is 19.1 Å². The van der Waals surface area contributed by atoms with Crippen LogP contribution in [0.1, 0.15) is 18.9 Å². The molecule has 1 rings (SSSR count). The quantitative estimate of drug-likeness (QED) is 0.844. The predicted molar refractivity (Wildman–Crippen MR) is 56.8 cm³/mol. The van der Waals surface area contributed by atoms with Crippen molar-refractivity contribution in [3.63, 3.8) is 0 Å². The molecule has 0 saturated heterocycles. The monoisotopic (exact) mass is 227 g/mol. The standard InChI is InChI=1S/C10H13NO3S/c1-3-10(12)11-15(13,14)9-6-4-8(2)5-7-9/h4-7H,3H2,1-2H3,(H,11,12). The summed E-state index contributed by atoms with van der Waals surface area (Å²) in [6, 6.07) is 6.32. The Labute approximate surface area is 89.4 Å². The van der Waals surface area contributed by atoms with E-state index >= 15 is 0 Å². The van der Waals surface area contributed by atoms with Crippen LogP contribution in [0.5, 0.6) is 0 Å². The minimum atomic E-state index is -3.69. The number of hydrogen-bond donors (Lipinski definition) is 1. The summed E-state index contributed by atoms with van der Waals surface area (Å²) >= 11 is 0. The van der Waals surface area contributed by atoms with Crippen LogP contribution in [0.25, 0.3) is 0 Å². The van der Waals surface area contributed by atoms with Gasteiger partial charge in [0, 0.05) is 6.42 Å². The number of rotatable bonds is 3. The lowest BCUT2D eigenvalue weighted by atomic mass is 10.2. The maximum absolute atomic E-state index is 11.6. The molecule has 0 spiro atoms. The van der Waals surface area contributed by atoms with Crippen molar-refractivity contribution in [2.45, 2.75) is 25.2 Å². The highest BCUT2D eigenvalue weighted by Crippen LogP contribution is 2.09. The van der Waals surface area contributed by atoms with Gasteiger partial charge in [0.1, 0.15) is 0 Å². The van der Waals surface area contributed by atoms with Crippen LogP contribution in [0, 0.1) is 6.92 Å². The molecule has 0 radical (unpaired) electrons. The molecule has 1 aromatic rings. The summed E-state index contributed by atoms with van der Waals surface area (Å²) in [5.74, 6) is -0.504. The largest absolute Gasteiger partial charge is 0.274 e. The smallest absolute Gasteiger partial charge is 0.264 e. The summed E-state index contributed by atoms with van der Waals surface area (Å²) in [7, 11) is -3.69. The molecule has 0 aliphatic heterocycles. The molecule has 0 bridgehead atoms. The van der Waals surface area contributed by atoms with E-state index in [0.717, 1.165) is 5.56 Å². The molecule has 0 atom stereocenters. The van der Waals surface area contributed by atoms with Crippen LogP contribution >= 0.6 is 0 Å². The van der Waals surface area contributed by atoms with Gasteiger partial charge in [0.15, 0.2) is 0 Å². The Morgan fingerprint density at radius 1 is 1.27 bits per heavy atom. The topological polar surface area (TPSA) is 63.2 Å². The van der Waals surface area contributed by atoms with Gasteiger partial charge in [-0.3, -0.25) is 4.79 Å². The van der Waals surface area contributed by atoms with Gasteiger partial charge in [-0.15, -0.1) is 0 Å². The second-order valence-corrected chi connectivity index (χ2v) is 4.88. The number of hydrogen-bond acceptors (Lipinski definition) is 3. The molecule has 82 valence electrons. The molecule has 0 unspecified atom stereocenters. The Bertz CT molecular complexity index is 448. The molecule has 0 aromatic heterocycles. The van der Waals surface area contributed by atoms with Crippen molar-refractivity contribution in [2.75, 3.05) is 0 Å². The summed E-state index contributed by atoms with van der Waals surface area (Å²) < 4.78 is 25.1. The van der Waals surface area contributed by atoms with Crippen molar-refractivity contribution in [3.8, 4) is 0 Å². The van der Waals surface area contributed by atoms with Crippen molar-refractivity contribution in [1.29, 1.82) is 0 Å². The molecule has 1 N–H and O–H groups in total. The third-order valence-electron chi connectivity index (χ3n) is 1.90. The van der Waals surface area contributed by atoms with Gasteiger partial charge in [0.2, 0.25) is 5.91 Å².